The molecule has 2 fully saturated rings. The van der Waals surface area contributed by atoms with Gasteiger partial charge < -0.3 is 29.2 Å². The molecular formula is C37H50O8. The smallest absolute Gasteiger partial charge is 0.313 e. The van der Waals surface area contributed by atoms with Crippen molar-refractivity contribution < 1.29 is 38.7 Å². The van der Waals surface area contributed by atoms with Crippen LogP contribution in [0.25, 0.3) is 0 Å². The predicted octanol–water partition coefficient (Wildman–Crippen LogP) is 6.10. The second kappa shape index (κ2) is 18.2. The molecule has 1 aliphatic carbocycles. The van der Waals surface area contributed by atoms with Gasteiger partial charge in [0.1, 0.15) is 12.0 Å². The maximum Gasteiger partial charge on any atom is 0.313 e. The first kappa shape index (κ1) is 34.8. The van der Waals surface area contributed by atoms with Crippen molar-refractivity contribution in [2.75, 3.05) is 13.2 Å². The van der Waals surface area contributed by atoms with Gasteiger partial charge in [0.2, 0.25) is 0 Å². The van der Waals surface area contributed by atoms with E-state index in [0.717, 1.165) is 18.4 Å². The standard InChI is InChI=1S/C37H50O8/c1-26(2)44-35(40)18-12-4-3-11-17-31-32(22-21-30(38)20-19-27-13-7-5-8-14-27)34(23-33(31)39)45-36(41)29-24-42-37(43-25-29)28-15-9-6-10-16-28/h3,5-11,13-16,26,29-34,37-39H,4,12,17-25H2,1-2H3/t29?,30-,31+,32+,33-,34+,37?/m0/s1. The van der Waals surface area contributed by atoms with E-state index in [9.17, 15) is 19.8 Å². The molecule has 2 aromatic rings. The SMILES string of the molecule is CC(C)OC(=O)CCCC=CC[C@@H]1[C@@H](CC[C@@H](O)CCc2ccccc2)[C@H](OC(=O)C2COC(c3ccccc3)OC2)C[C@@H]1O. The number of allylic oxidation sites excluding steroid dienone is 2. The van der Waals surface area contributed by atoms with E-state index in [1.807, 2.05) is 68.5 Å². The number of hydrogen-bond donors (Lipinski definition) is 2. The van der Waals surface area contributed by atoms with Crippen LogP contribution in [0.5, 0.6) is 0 Å². The summed E-state index contributed by atoms with van der Waals surface area (Å²) >= 11 is 0. The summed E-state index contributed by atoms with van der Waals surface area (Å²) in [4.78, 5) is 25.0. The molecule has 1 aliphatic heterocycles. The van der Waals surface area contributed by atoms with Crippen molar-refractivity contribution >= 4 is 11.9 Å². The Bertz CT molecular complexity index is 1180. The third kappa shape index (κ3) is 11.4. The molecule has 8 heteroatoms. The molecule has 0 radical (unpaired) electrons. The Hall–Kier alpha value is -3.04. The summed E-state index contributed by atoms with van der Waals surface area (Å²) in [6.07, 6.45) is 7.33. The number of benzene rings is 2. The molecule has 0 unspecified atom stereocenters. The van der Waals surface area contributed by atoms with Crippen LogP contribution >= 0.6 is 0 Å². The fourth-order valence-electron chi connectivity index (χ4n) is 6.27. The van der Waals surface area contributed by atoms with Crippen molar-refractivity contribution in [3.8, 4) is 0 Å². The Morgan fingerprint density at radius 1 is 0.956 bits per heavy atom. The van der Waals surface area contributed by atoms with Crippen LogP contribution < -0.4 is 0 Å². The molecule has 0 aromatic heterocycles. The second-order valence-corrected chi connectivity index (χ2v) is 12.6. The minimum Gasteiger partial charge on any atom is -0.463 e. The Kier molecular flexibility index (Phi) is 14.1. The average molecular weight is 623 g/mol. The van der Waals surface area contributed by atoms with Gasteiger partial charge >= 0.3 is 11.9 Å². The Labute approximate surface area is 267 Å². The van der Waals surface area contributed by atoms with E-state index >= 15 is 0 Å². The highest BCUT2D eigenvalue weighted by molar-refractivity contribution is 5.73. The minimum atomic E-state index is -0.624. The Morgan fingerprint density at radius 3 is 2.33 bits per heavy atom. The first-order chi connectivity index (χ1) is 21.8. The van der Waals surface area contributed by atoms with Crippen LogP contribution in [0, 0.1) is 17.8 Å². The maximum atomic E-state index is 13.2. The van der Waals surface area contributed by atoms with Gasteiger partial charge in [-0.25, -0.2) is 0 Å². The lowest BCUT2D eigenvalue weighted by Crippen LogP contribution is -2.36. The molecule has 0 spiro atoms. The van der Waals surface area contributed by atoms with Gasteiger partial charge in [0, 0.05) is 24.3 Å². The van der Waals surface area contributed by atoms with Gasteiger partial charge in [-0.1, -0.05) is 72.8 Å². The highest BCUT2D eigenvalue weighted by Gasteiger charge is 2.44. The minimum absolute atomic E-state index is 0.0940. The van der Waals surface area contributed by atoms with Gasteiger partial charge in [-0.15, -0.1) is 0 Å². The van der Waals surface area contributed by atoms with Gasteiger partial charge in [-0.2, -0.15) is 0 Å². The molecule has 2 aliphatic rings. The zero-order chi connectivity index (χ0) is 32.0. The Balaban J connectivity index is 1.31. The molecular weight excluding hydrogens is 572 g/mol. The molecule has 0 amide bonds. The first-order valence-electron chi connectivity index (χ1n) is 16.5. The number of hydrogen-bond acceptors (Lipinski definition) is 8. The molecule has 1 heterocycles. The number of aliphatic hydroxyl groups excluding tert-OH is 2. The van der Waals surface area contributed by atoms with Crippen LogP contribution in [0.15, 0.2) is 72.8 Å². The van der Waals surface area contributed by atoms with Crippen LogP contribution in [0.3, 0.4) is 0 Å². The molecule has 4 rings (SSSR count). The van der Waals surface area contributed by atoms with Crippen LogP contribution in [0.1, 0.15) is 82.6 Å². The van der Waals surface area contributed by atoms with E-state index in [1.165, 1.54) is 5.56 Å². The van der Waals surface area contributed by atoms with Crippen LogP contribution in [-0.4, -0.2) is 59.8 Å². The summed E-state index contributed by atoms with van der Waals surface area (Å²) in [6.45, 7) is 4.08. The second-order valence-electron chi connectivity index (χ2n) is 12.6. The lowest BCUT2D eigenvalue weighted by atomic mass is 9.85. The van der Waals surface area contributed by atoms with Gasteiger partial charge in [-0.3, -0.25) is 9.59 Å². The number of ether oxygens (including phenoxy) is 4. The molecule has 2 N–H and O–H groups in total. The van der Waals surface area contributed by atoms with Crippen molar-refractivity contribution in [1.29, 1.82) is 0 Å². The monoisotopic (exact) mass is 622 g/mol. The van der Waals surface area contributed by atoms with E-state index in [2.05, 4.69) is 18.2 Å². The van der Waals surface area contributed by atoms with Crippen LogP contribution in [0.2, 0.25) is 0 Å². The number of aryl methyl sites for hydroxylation is 1. The number of carbonyl (C=O) groups is 2. The fourth-order valence-corrected chi connectivity index (χ4v) is 6.27. The molecule has 2 aromatic carbocycles. The first-order valence-corrected chi connectivity index (χ1v) is 16.5. The summed E-state index contributed by atoms with van der Waals surface area (Å²) in [5.41, 5.74) is 2.09. The molecule has 246 valence electrons. The van der Waals surface area contributed by atoms with Crippen LogP contribution in [0.4, 0.5) is 0 Å². The topological polar surface area (TPSA) is 112 Å². The third-order valence-corrected chi connectivity index (χ3v) is 8.70. The summed E-state index contributed by atoms with van der Waals surface area (Å²) in [5, 5.41) is 21.9. The predicted molar refractivity (Wildman–Crippen MR) is 171 cm³/mol. The van der Waals surface area contributed by atoms with Gasteiger partial charge in [-0.05, 0) is 70.3 Å². The van der Waals surface area contributed by atoms with Gasteiger partial charge in [0.05, 0.1) is 31.5 Å². The zero-order valence-electron chi connectivity index (χ0n) is 26.7. The summed E-state index contributed by atoms with van der Waals surface area (Å²) in [5.74, 6) is -1.31. The van der Waals surface area contributed by atoms with Gasteiger partial charge in [0.15, 0.2) is 6.29 Å². The molecule has 0 bridgehead atoms. The van der Waals surface area contributed by atoms with E-state index in [-0.39, 0.29) is 43.1 Å². The highest BCUT2D eigenvalue weighted by Crippen LogP contribution is 2.41. The summed E-state index contributed by atoms with van der Waals surface area (Å²) in [6, 6.07) is 19.7. The van der Waals surface area contributed by atoms with E-state index in [4.69, 9.17) is 18.9 Å². The van der Waals surface area contributed by atoms with Crippen molar-refractivity contribution in [3.63, 3.8) is 0 Å². The normalized spacial score (nSPS) is 25.8. The van der Waals surface area contributed by atoms with E-state index in [1.54, 1.807) is 0 Å². The third-order valence-electron chi connectivity index (χ3n) is 8.70. The van der Waals surface area contributed by atoms with Gasteiger partial charge in [0.25, 0.3) is 0 Å². The molecule has 45 heavy (non-hydrogen) atoms. The lowest BCUT2D eigenvalue weighted by Gasteiger charge is -2.30. The zero-order valence-corrected chi connectivity index (χ0v) is 26.7. The lowest BCUT2D eigenvalue weighted by molar-refractivity contribution is -0.215. The average Bonchev–Trinajstić information content (AvgIpc) is 3.34. The highest BCUT2D eigenvalue weighted by atomic mass is 16.7. The molecule has 8 nitrogen and oxygen atoms in total. The largest absolute Gasteiger partial charge is 0.463 e. The van der Waals surface area contributed by atoms with E-state index < -0.39 is 30.5 Å². The maximum absolute atomic E-state index is 13.2. The van der Waals surface area contributed by atoms with Crippen molar-refractivity contribution in [3.05, 3.63) is 83.9 Å². The number of aliphatic hydroxyl groups is 2. The van der Waals surface area contributed by atoms with Crippen LogP contribution in [-0.2, 0) is 35.0 Å². The molecule has 5 atom stereocenters. The van der Waals surface area contributed by atoms with E-state index in [0.29, 0.717) is 44.9 Å². The number of rotatable bonds is 16. The molecule has 1 saturated heterocycles. The summed E-state index contributed by atoms with van der Waals surface area (Å²) in [7, 11) is 0. The number of esters is 2. The summed E-state index contributed by atoms with van der Waals surface area (Å²) < 4.78 is 22.9. The van der Waals surface area contributed by atoms with Crippen molar-refractivity contribution in [2.24, 2.45) is 17.8 Å². The fraction of sp³-hybridized carbons (Fsp3) is 0.568. The van der Waals surface area contributed by atoms with Crippen molar-refractivity contribution in [2.45, 2.75) is 102 Å². The number of unbranched alkanes of at least 4 members (excludes halogenated alkanes) is 1. The molecule has 1 saturated carbocycles. The Morgan fingerprint density at radius 2 is 1.64 bits per heavy atom. The number of carbonyl (C=O) groups excluding carboxylic acids is 2. The quantitative estimate of drug-likeness (QED) is 0.131. The van der Waals surface area contributed by atoms with Crippen molar-refractivity contribution in [1.82, 2.24) is 0 Å².